The quantitative estimate of drug-likeness (QED) is 0.624. The molecule has 1 atom stereocenters. The van der Waals surface area contributed by atoms with E-state index in [0.29, 0.717) is 38.5 Å². The molecule has 2 amide bonds. The Morgan fingerprint density at radius 2 is 1.81 bits per heavy atom. The van der Waals surface area contributed by atoms with Crippen LogP contribution in [0.3, 0.4) is 0 Å². The van der Waals surface area contributed by atoms with Gasteiger partial charge < -0.3 is 14.2 Å². The van der Waals surface area contributed by atoms with Gasteiger partial charge in [-0.1, -0.05) is 18.6 Å². The Morgan fingerprint density at radius 1 is 1.00 bits per heavy atom. The third kappa shape index (κ3) is 4.22. The van der Waals surface area contributed by atoms with Gasteiger partial charge in [-0.15, -0.1) is 11.3 Å². The number of benzene rings is 1. The number of furan rings is 1. The van der Waals surface area contributed by atoms with Crippen molar-refractivity contribution in [2.75, 3.05) is 39.3 Å². The van der Waals surface area contributed by atoms with Crippen LogP contribution in [0.1, 0.15) is 40.9 Å². The van der Waals surface area contributed by atoms with E-state index < -0.39 is 0 Å². The number of fused-ring (bicyclic) bond motifs is 1. The smallest absolute Gasteiger partial charge is 0.289 e. The Kier molecular flexibility index (Phi) is 5.74. The fourth-order valence-corrected chi connectivity index (χ4v) is 5.62. The van der Waals surface area contributed by atoms with Crippen molar-refractivity contribution in [1.82, 2.24) is 19.7 Å². The number of thiazole rings is 1. The Morgan fingerprint density at radius 3 is 2.58 bits per heavy atom. The molecule has 0 saturated carbocycles. The number of piperidine rings is 1. The number of para-hydroxylation sites is 1. The summed E-state index contributed by atoms with van der Waals surface area (Å²) >= 11 is 1.74. The van der Waals surface area contributed by atoms with Gasteiger partial charge in [0.25, 0.3) is 5.91 Å². The molecule has 2 aliphatic rings. The molecule has 2 aromatic heterocycles. The molecule has 7 nitrogen and oxygen atoms in total. The molecule has 8 heteroatoms. The Balaban J connectivity index is 1.21. The average Bonchev–Trinajstić information content (AvgIpc) is 3.49. The van der Waals surface area contributed by atoms with Crippen LogP contribution in [-0.4, -0.2) is 70.8 Å². The Labute approximate surface area is 185 Å². The molecule has 31 heavy (non-hydrogen) atoms. The maximum atomic E-state index is 13.1. The standard InChI is InChI=1S/C23H26N4O3S/c28-21(25-11-13-26(14-12-25)23(29)19-8-5-15-30-19)16-27-10-4-3-7-18(27)22-24-17-6-1-2-9-20(17)31-22/h1-2,5-6,8-9,15,18H,3-4,7,10-14,16H2/t18-/m0/s1. The van der Waals surface area contributed by atoms with E-state index in [4.69, 9.17) is 9.40 Å². The zero-order chi connectivity index (χ0) is 21.2. The monoisotopic (exact) mass is 438 g/mol. The number of carbonyl (C=O) groups excluding carboxylic acids is 2. The third-order valence-electron chi connectivity index (χ3n) is 6.20. The van der Waals surface area contributed by atoms with Crippen LogP contribution in [0.4, 0.5) is 0 Å². The lowest BCUT2D eigenvalue weighted by Gasteiger charge is -2.38. The molecule has 0 spiro atoms. The van der Waals surface area contributed by atoms with Gasteiger partial charge in [-0.05, 0) is 43.7 Å². The highest BCUT2D eigenvalue weighted by Crippen LogP contribution is 2.35. The number of hydrogen-bond donors (Lipinski definition) is 0. The van der Waals surface area contributed by atoms with Gasteiger partial charge in [-0.2, -0.15) is 0 Å². The normalized spacial score (nSPS) is 20.3. The molecule has 162 valence electrons. The number of aromatic nitrogens is 1. The van der Waals surface area contributed by atoms with Gasteiger partial charge >= 0.3 is 0 Å². The van der Waals surface area contributed by atoms with E-state index in [2.05, 4.69) is 17.0 Å². The molecule has 3 aromatic rings. The van der Waals surface area contributed by atoms with E-state index in [1.54, 1.807) is 28.4 Å². The minimum absolute atomic E-state index is 0.107. The van der Waals surface area contributed by atoms with Crippen molar-refractivity contribution in [3.8, 4) is 0 Å². The lowest BCUT2D eigenvalue weighted by Crippen LogP contribution is -2.53. The summed E-state index contributed by atoms with van der Waals surface area (Å²) < 4.78 is 6.42. The summed E-state index contributed by atoms with van der Waals surface area (Å²) in [4.78, 5) is 36.3. The van der Waals surface area contributed by atoms with Crippen molar-refractivity contribution in [1.29, 1.82) is 0 Å². The van der Waals surface area contributed by atoms with Crippen LogP contribution in [-0.2, 0) is 4.79 Å². The predicted octanol–water partition coefficient (Wildman–Crippen LogP) is 3.40. The summed E-state index contributed by atoms with van der Waals surface area (Å²) in [6.45, 7) is 3.52. The minimum atomic E-state index is -0.107. The van der Waals surface area contributed by atoms with E-state index in [0.717, 1.165) is 29.9 Å². The van der Waals surface area contributed by atoms with E-state index >= 15 is 0 Å². The van der Waals surface area contributed by atoms with Crippen LogP contribution in [0.25, 0.3) is 10.2 Å². The molecule has 0 unspecified atom stereocenters. The first-order valence-corrected chi connectivity index (χ1v) is 11.7. The van der Waals surface area contributed by atoms with Crippen LogP contribution >= 0.6 is 11.3 Å². The third-order valence-corrected chi connectivity index (χ3v) is 7.34. The van der Waals surface area contributed by atoms with Gasteiger partial charge in [-0.3, -0.25) is 14.5 Å². The lowest BCUT2D eigenvalue weighted by atomic mass is 10.0. The molecule has 2 aliphatic heterocycles. The SMILES string of the molecule is O=C(CN1CCCC[C@H]1c1nc2ccccc2s1)N1CCN(C(=O)c2ccco2)CC1. The number of likely N-dealkylation sites (tertiary alicyclic amines) is 1. The van der Waals surface area contributed by atoms with Crippen molar-refractivity contribution >= 4 is 33.4 Å². The minimum Gasteiger partial charge on any atom is -0.459 e. The summed E-state index contributed by atoms with van der Waals surface area (Å²) in [5, 5.41) is 1.11. The van der Waals surface area contributed by atoms with Gasteiger partial charge in [0.2, 0.25) is 5.91 Å². The first-order chi connectivity index (χ1) is 15.2. The van der Waals surface area contributed by atoms with E-state index in [1.165, 1.54) is 17.4 Å². The molecule has 0 N–H and O–H groups in total. The van der Waals surface area contributed by atoms with Crippen molar-refractivity contribution < 1.29 is 14.0 Å². The summed E-state index contributed by atoms with van der Waals surface area (Å²) in [6, 6.07) is 11.8. The largest absolute Gasteiger partial charge is 0.459 e. The number of piperazine rings is 1. The maximum absolute atomic E-state index is 13.1. The highest BCUT2D eigenvalue weighted by Gasteiger charge is 2.31. The molecule has 2 fully saturated rings. The van der Waals surface area contributed by atoms with Gasteiger partial charge in [0, 0.05) is 26.2 Å². The van der Waals surface area contributed by atoms with Crippen LogP contribution < -0.4 is 0 Å². The zero-order valence-corrected chi connectivity index (χ0v) is 18.2. The molecule has 0 aliphatic carbocycles. The lowest BCUT2D eigenvalue weighted by molar-refractivity contribution is -0.134. The van der Waals surface area contributed by atoms with Crippen LogP contribution in [0.15, 0.2) is 47.1 Å². The first kappa shape index (κ1) is 20.2. The zero-order valence-electron chi connectivity index (χ0n) is 17.4. The molecule has 1 aromatic carbocycles. The van der Waals surface area contributed by atoms with Crippen molar-refractivity contribution in [3.05, 3.63) is 53.4 Å². The van der Waals surface area contributed by atoms with Crippen molar-refractivity contribution in [2.45, 2.75) is 25.3 Å². The second kappa shape index (κ2) is 8.80. The first-order valence-electron chi connectivity index (χ1n) is 10.9. The molecular formula is C23H26N4O3S. The van der Waals surface area contributed by atoms with Gasteiger partial charge in [0.1, 0.15) is 5.01 Å². The molecule has 5 rings (SSSR count). The molecular weight excluding hydrogens is 412 g/mol. The fraction of sp³-hybridized carbons (Fsp3) is 0.435. The highest BCUT2D eigenvalue weighted by atomic mass is 32.1. The van der Waals surface area contributed by atoms with Gasteiger partial charge in [0.15, 0.2) is 5.76 Å². The van der Waals surface area contributed by atoms with Gasteiger partial charge in [0.05, 0.1) is 29.1 Å². The molecule has 2 saturated heterocycles. The summed E-state index contributed by atoms with van der Waals surface area (Å²) in [6.07, 6.45) is 4.82. The molecule has 0 radical (unpaired) electrons. The summed E-state index contributed by atoms with van der Waals surface area (Å²) in [5.41, 5.74) is 1.04. The van der Waals surface area contributed by atoms with Crippen LogP contribution in [0.2, 0.25) is 0 Å². The number of rotatable bonds is 4. The number of hydrogen-bond acceptors (Lipinski definition) is 6. The maximum Gasteiger partial charge on any atom is 0.289 e. The summed E-state index contributed by atoms with van der Waals surface area (Å²) in [7, 11) is 0. The second-order valence-corrected chi connectivity index (χ2v) is 9.21. The summed E-state index contributed by atoms with van der Waals surface area (Å²) in [5.74, 6) is 0.383. The van der Waals surface area contributed by atoms with Crippen molar-refractivity contribution in [3.63, 3.8) is 0 Å². The average molecular weight is 439 g/mol. The van der Waals surface area contributed by atoms with Crippen LogP contribution in [0, 0.1) is 0 Å². The van der Waals surface area contributed by atoms with Crippen molar-refractivity contribution in [2.24, 2.45) is 0 Å². The Hall–Kier alpha value is -2.71. The Bertz CT molecular complexity index is 1020. The molecule has 4 heterocycles. The number of nitrogens with zero attached hydrogens (tertiary/aromatic N) is 4. The second-order valence-electron chi connectivity index (χ2n) is 8.15. The van der Waals surface area contributed by atoms with E-state index in [1.807, 2.05) is 17.0 Å². The number of carbonyl (C=O) groups is 2. The molecule has 0 bridgehead atoms. The predicted molar refractivity (Wildman–Crippen MR) is 119 cm³/mol. The highest BCUT2D eigenvalue weighted by molar-refractivity contribution is 7.18. The van der Waals surface area contributed by atoms with E-state index in [-0.39, 0.29) is 17.9 Å². The number of amides is 2. The topological polar surface area (TPSA) is 69.9 Å². The van der Waals surface area contributed by atoms with E-state index in [9.17, 15) is 9.59 Å². The van der Waals surface area contributed by atoms with Crippen LogP contribution in [0.5, 0.6) is 0 Å². The van der Waals surface area contributed by atoms with Gasteiger partial charge in [-0.25, -0.2) is 4.98 Å². The fourth-order valence-electron chi connectivity index (χ4n) is 4.48.